The molecule has 2 N–H and O–H groups in total. The summed E-state index contributed by atoms with van der Waals surface area (Å²) < 4.78 is 44.3. The van der Waals surface area contributed by atoms with Crippen molar-refractivity contribution >= 4 is 33.2 Å². The fraction of sp³-hybridized carbons (Fsp3) is 0.273. The number of methoxy groups -OCH3 is 2. The topological polar surface area (TPSA) is 120 Å². The number of ether oxygens (including phenoxy) is 2. The Balaban J connectivity index is 1.88. The number of sulfonamides is 1. The van der Waals surface area contributed by atoms with Crippen molar-refractivity contribution in [1.29, 1.82) is 0 Å². The second-order valence-electron chi connectivity index (χ2n) is 7.26. The van der Waals surface area contributed by atoms with Gasteiger partial charge in [0.15, 0.2) is 0 Å². The van der Waals surface area contributed by atoms with Crippen LogP contribution in [0.4, 0.5) is 5.69 Å². The maximum atomic E-state index is 13.2. The number of carbonyl (C=O) groups is 1. The highest BCUT2D eigenvalue weighted by Crippen LogP contribution is 2.37. The van der Waals surface area contributed by atoms with Gasteiger partial charge in [-0.3, -0.25) is 9.52 Å². The van der Waals surface area contributed by atoms with Gasteiger partial charge in [-0.1, -0.05) is 22.8 Å². The van der Waals surface area contributed by atoms with Crippen LogP contribution in [0.5, 0.6) is 11.5 Å². The average molecular weight is 494 g/mol. The minimum absolute atomic E-state index is 0.0542. The third-order valence-electron chi connectivity index (χ3n) is 5.07. The summed E-state index contributed by atoms with van der Waals surface area (Å²) in [6, 6.07) is 7.31. The Morgan fingerprint density at radius 2 is 1.79 bits per heavy atom. The first-order chi connectivity index (χ1) is 15.6. The van der Waals surface area contributed by atoms with E-state index in [9.17, 15) is 13.2 Å². The Labute approximate surface area is 197 Å². The second kappa shape index (κ2) is 9.72. The van der Waals surface area contributed by atoms with Crippen LogP contribution in [0.15, 0.2) is 39.8 Å². The highest BCUT2D eigenvalue weighted by atomic mass is 35.5. The Morgan fingerprint density at radius 1 is 1.09 bits per heavy atom. The lowest BCUT2D eigenvalue weighted by atomic mass is 10.1. The molecule has 0 aliphatic rings. The van der Waals surface area contributed by atoms with Gasteiger partial charge < -0.3 is 19.3 Å². The standard InChI is InChI=1S/C22H24ClN3O6S/c1-12-6-7-15(22(27)24-11-16-13(2)25-32-14(16)3)8-21(12)33(28,29)26-18-9-17(23)19(30-4)10-20(18)31-5/h6-10,26H,11H2,1-5H3,(H,24,27). The summed E-state index contributed by atoms with van der Waals surface area (Å²) in [4.78, 5) is 12.6. The molecule has 0 aliphatic carbocycles. The van der Waals surface area contributed by atoms with Crippen molar-refractivity contribution in [2.45, 2.75) is 32.2 Å². The maximum absolute atomic E-state index is 13.2. The molecule has 3 aromatic rings. The van der Waals surface area contributed by atoms with E-state index in [4.69, 9.17) is 25.6 Å². The molecule has 2 aromatic carbocycles. The van der Waals surface area contributed by atoms with E-state index in [0.717, 1.165) is 5.56 Å². The zero-order chi connectivity index (χ0) is 24.3. The van der Waals surface area contributed by atoms with Gasteiger partial charge in [-0.05, 0) is 44.5 Å². The molecule has 11 heteroatoms. The van der Waals surface area contributed by atoms with Crippen LogP contribution in [0.3, 0.4) is 0 Å². The molecule has 3 rings (SSSR count). The number of hydrogen-bond acceptors (Lipinski definition) is 7. The summed E-state index contributed by atoms with van der Waals surface area (Å²) in [5.74, 6) is 0.739. The van der Waals surface area contributed by atoms with Crippen LogP contribution in [0.2, 0.25) is 5.02 Å². The maximum Gasteiger partial charge on any atom is 0.262 e. The molecule has 0 bridgehead atoms. The Hall–Kier alpha value is -3.24. The predicted molar refractivity (Wildman–Crippen MR) is 124 cm³/mol. The molecule has 1 heterocycles. The van der Waals surface area contributed by atoms with Crippen molar-refractivity contribution in [2.24, 2.45) is 0 Å². The van der Waals surface area contributed by atoms with Gasteiger partial charge in [-0.2, -0.15) is 0 Å². The van der Waals surface area contributed by atoms with Crippen LogP contribution >= 0.6 is 11.6 Å². The van der Waals surface area contributed by atoms with Gasteiger partial charge in [-0.15, -0.1) is 0 Å². The van der Waals surface area contributed by atoms with Crippen molar-refractivity contribution < 1.29 is 27.2 Å². The monoisotopic (exact) mass is 493 g/mol. The van der Waals surface area contributed by atoms with Crippen LogP contribution in [0.25, 0.3) is 0 Å². The SMILES string of the molecule is COc1cc(OC)c(NS(=O)(=O)c2cc(C(=O)NCc3c(C)noc3C)ccc2C)cc1Cl. The highest BCUT2D eigenvalue weighted by Gasteiger charge is 2.22. The van der Waals surface area contributed by atoms with E-state index in [1.54, 1.807) is 32.9 Å². The molecular formula is C22H24ClN3O6S. The molecule has 0 saturated heterocycles. The van der Waals surface area contributed by atoms with Gasteiger partial charge in [0.2, 0.25) is 0 Å². The fourth-order valence-corrected chi connectivity index (χ4v) is 4.77. The van der Waals surface area contributed by atoms with Gasteiger partial charge in [-0.25, -0.2) is 8.42 Å². The summed E-state index contributed by atoms with van der Waals surface area (Å²) >= 11 is 6.15. The van der Waals surface area contributed by atoms with Crippen molar-refractivity contribution in [1.82, 2.24) is 10.5 Å². The van der Waals surface area contributed by atoms with E-state index in [1.807, 2.05) is 0 Å². The number of nitrogens with one attached hydrogen (secondary N) is 2. The molecular weight excluding hydrogens is 470 g/mol. The number of rotatable bonds is 8. The number of aromatic nitrogens is 1. The molecule has 176 valence electrons. The number of hydrogen-bond donors (Lipinski definition) is 2. The summed E-state index contributed by atoms with van der Waals surface area (Å²) in [7, 11) is -1.24. The van der Waals surface area contributed by atoms with Gasteiger partial charge in [0.05, 0.1) is 35.5 Å². The summed E-state index contributed by atoms with van der Waals surface area (Å²) in [5.41, 5.74) is 2.23. The quantitative estimate of drug-likeness (QED) is 0.486. The first-order valence-corrected chi connectivity index (χ1v) is 11.7. The van der Waals surface area contributed by atoms with E-state index in [2.05, 4.69) is 15.2 Å². The van der Waals surface area contributed by atoms with Crippen molar-refractivity contribution in [3.8, 4) is 11.5 Å². The lowest BCUT2D eigenvalue weighted by molar-refractivity contribution is 0.0950. The van der Waals surface area contributed by atoms with Crippen LogP contribution in [0.1, 0.15) is 32.9 Å². The van der Waals surface area contributed by atoms with Gasteiger partial charge in [0.25, 0.3) is 15.9 Å². The third kappa shape index (κ3) is 5.23. The molecule has 0 radical (unpaired) electrons. The van der Waals surface area contributed by atoms with Gasteiger partial charge in [0, 0.05) is 23.7 Å². The summed E-state index contributed by atoms with van der Waals surface area (Å²) in [6.07, 6.45) is 0. The second-order valence-corrected chi connectivity index (χ2v) is 9.32. The molecule has 0 unspecified atom stereocenters. The molecule has 1 amide bonds. The Kier molecular flexibility index (Phi) is 7.19. The number of carbonyl (C=O) groups excluding carboxylic acids is 1. The van der Waals surface area contributed by atoms with Crippen molar-refractivity contribution in [3.05, 3.63) is 63.5 Å². The zero-order valence-electron chi connectivity index (χ0n) is 18.8. The Morgan fingerprint density at radius 3 is 2.39 bits per heavy atom. The molecule has 0 aliphatic heterocycles. The van der Waals surface area contributed by atoms with E-state index in [0.29, 0.717) is 22.8 Å². The van der Waals surface area contributed by atoms with Gasteiger partial charge in [0.1, 0.15) is 17.3 Å². The third-order valence-corrected chi connectivity index (χ3v) is 6.87. The highest BCUT2D eigenvalue weighted by molar-refractivity contribution is 7.92. The lowest BCUT2D eigenvalue weighted by Gasteiger charge is -2.16. The smallest absolute Gasteiger partial charge is 0.262 e. The van der Waals surface area contributed by atoms with Crippen molar-refractivity contribution in [2.75, 3.05) is 18.9 Å². The number of benzene rings is 2. The first-order valence-electron chi connectivity index (χ1n) is 9.82. The molecule has 0 atom stereocenters. The zero-order valence-corrected chi connectivity index (χ0v) is 20.3. The van der Waals surface area contributed by atoms with Gasteiger partial charge >= 0.3 is 0 Å². The molecule has 0 fully saturated rings. The van der Waals surface area contributed by atoms with Crippen LogP contribution < -0.4 is 19.5 Å². The molecule has 0 spiro atoms. The van der Waals surface area contributed by atoms with Crippen LogP contribution in [0, 0.1) is 20.8 Å². The number of amides is 1. The van der Waals surface area contributed by atoms with Crippen LogP contribution in [-0.4, -0.2) is 33.7 Å². The molecule has 33 heavy (non-hydrogen) atoms. The summed E-state index contributed by atoms with van der Waals surface area (Å²) in [5, 5.41) is 6.83. The molecule has 0 saturated carbocycles. The number of nitrogens with zero attached hydrogens (tertiary/aromatic N) is 1. The lowest BCUT2D eigenvalue weighted by Crippen LogP contribution is -2.24. The fourth-order valence-electron chi connectivity index (χ4n) is 3.20. The van der Waals surface area contributed by atoms with Crippen LogP contribution in [-0.2, 0) is 16.6 Å². The number of halogens is 1. The molecule has 9 nitrogen and oxygen atoms in total. The normalized spacial score (nSPS) is 11.2. The van der Waals surface area contributed by atoms with E-state index >= 15 is 0 Å². The number of aryl methyl sites for hydroxylation is 3. The minimum Gasteiger partial charge on any atom is -0.495 e. The largest absolute Gasteiger partial charge is 0.495 e. The Bertz CT molecular complexity index is 1280. The molecule has 1 aromatic heterocycles. The van der Waals surface area contributed by atoms with Crippen molar-refractivity contribution in [3.63, 3.8) is 0 Å². The number of anilines is 1. The van der Waals surface area contributed by atoms with E-state index in [-0.39, 0.29) is 33.5 Å². The van der Waals surface area contributed by atoms with E-state index in [1.165, 1.54) is 32.4 Å². The first kappa shape index (κ1) is 24.4. The minimum atomic E-state index is -4.07. The van der Waals surface area contributed by atoms with E-state index < -0.39 is 15.9 Å². The summed E-state index contributed by atoms with van der Waals surface area (Å²) in [6.45, 7) is 5.37. The predicted octanol–water partition coefficient (Wildman–Crippen LogP) is 4.00. The average Bonchev–Trinajstić information content (AvgIpc) is 3.09.